The number of hydrogen-bond donors (Lipinski definition) is 0. The van der Waals surface area contributed by atoms with Crippen molar-refractivity contribution in [1.29, 1.82) is 0 Å². The molecule has 0 spiro atoms. The van der Waals surface area contributed by atoms with Gasteiger partial charge >= 0.3 is 0 Å². The summed E-state index contributed by atoms with van der Waals surface area (Å²) in [6.45, 7) is 10.2. The molecule has 3 heteroatoms. The van der Waals surface area contributed by atoms with Crippen LogP contribution < -0.4 is 4.74 Å². The van der Waals surface area contributed by atoms with Gasteiger partial charge in [-0.1, -0.05) is 39.0 Å². The first kappa shape index (κ1) is 19.6. The van der Waals surface area contributed by atoms with Gasteiger partial charge in [0.15, 0.2) is 11.6 Å². The van der Waals surface area contributed by atoms with Crippen LogP contribution in [0.1, 0.15) is 59.0 Å². The summed E-state index contributed by atoms with van der Waals surface area (Å²) in [4.78, 5) is 25.0. The number of carbonyl (C=O) groups is 2. The average Bonchev–Trinajstić information content (AvgIpc) is 2.61. The Kier molecular flexibility index (Phi) is 6.14. The van der Waals surface area contributed by atoms with Crippen LogP contribution in [0.4, 0.5) is 0 Å². The Labute approximate surface area is 155 Å². The fourth-order valence-electron chi connectivity index (χ4n) is 2.95. The predicted molar refractivity (Wildman–Crippen MR) is 105 cm³/mol. The number of carbonyl (C=O) groups excluding carboxylic acids is 2. The summed E-state index contributed by atoms with van der Waals surface area (Å²) in [5, 5.41) is 0. The number of allylic oxidation sites excluding steroid dienone is 1. The molecule has 0 aliphatic heterocycles. The summed E-state index contributed by atoms with van der Waals surface area (Å²) < 4.78 is 5.09. The first-order valence-corrected chi connectivity index (χ1v) is 8.71. The van der Waals surface area contributed by atoms with Crippen LogP contribution in [0.2, 0.25) is 0 Å². The zero-order valence-corrected chi connectivity index (χ0v) is 16.0. The fourth-order valence-corrected chi connectivity index (χ4v) is 2.95. The molecule has 0 aliphatic carbocycles. The second kappa shape index (κ2) is 8.13. The lowest BCUT2D eigenvalue weighted by molar-refractivity contribution is 0.0894. The SMILES string of the molecule is C=CCc1cc(C(=O)CC(=O)c2ccc(OC)cc2)ccc1C(C)(C)C. The van der Waals surface area contributed by atoms with E-state index in [1.54, 1.807) is 31.4 Å². The van der Waals surface area contributed by atoms with Gasteiger partial charge in [-0.05, 0) is 53.3 Å². The number of methoxy groups -OCH3 is 1. The molecule has 0 fully saturated rings. The van der Waals surface area contributed by atoms with Crippen LogP contribution in [-0.2, 0) is 11.8 Å². The smallest absolute Gasteiger partial charge is 0.170 e. The average molecular weight is 350 g/mol. The first-order chi connectivity index (χ1) is 12.3. The largest absolute Gasteiger partial charge is 0.497 e. The summed E-state index contributed by atoms with van der Waals surface area (Å²) in [6.07, 6.45) is 2.39. The molecule has 0 bridgehead atoms. The Morgan fingerprint density at radius 3 is 2.12 bits per heavy atom. The molecule has 2 aromatic rings. The number of rotatable bonds is 7. The minimum Gasteiger partial charge on any atom is -0.497 e. The third-order valence-electron chi connectivity index (χ3n) is 4.33. The minimum absolute atomic E-state index is 0.0150. The van der Waals surface area contributed by atoms with E-state index in [9.17, 15) is 9.59 Å². The summed E-state index contributed by atoms with van der Waals surface area (Å²) in [7, 11) is 1.57. The summed E-state index contributed by atoms with van der Waals surface area (Å²) in [5.74, 6) is 0.319. The Morgan fingerprint density at radius 2 is 1.58 bits per heavy atom. The molecule has 2 rings (SSSR count). The second-order valence-corrected chi connectivity index (χ2v) is 7.37. The predicted octanol–water partition coefficient (Wildman–Crippen LogP) is 5.18. The van der Waals surface area contributed by atoms with Gasteiger partial charge in [0.1, 0.15) is 5.75 Å². The van der Waals surface area contributed by atoms with Crippen molar-refractivity contribution in [2.45, 2.75) is 39.0 Å². The van der Waals surface area contributed by atoms with E-state index in [4.69, 9.17) is 4.74 Å². The van der Waals surface area contributed by atoms with E-state index in [1.807, 2.05) is 24.3 Å². The molecule has 26 heavy (non-hydrogen) atoms. The van der Waals surface area contributed by atoms with Gasteiger partial charge in [-0.2, -0.15) is 0 Å². The van der Waals surface area contributed by atoms with Crippen LogP contribution in [0.15, 0.2) is 55.1 Å². The molecule has 0 amide bonds. The third kappa shape index (κ3) is 4.69. The van der Waals surface area contributed by atoms with E-state index in [1.165, 1.54) is 5.56 Å². The molecule has 2 aromatic carbocycles. The molecule has 3 nitrogen and oxygen atoms in total. The Morgan fingerprint density at radius 1 is 1.00 bits per heavy atom. The lowest BCUT2D eigenvalue weighted by atomic mass is 9.82. The highest BCUT2D eigenvalue weighted by atomic mass is 16.5. The number of Topliss-reactive ketones (excluding diaryl/α,β-unsaturated/α-hetero) is 2. The highest BCUT2D eigenvalue weighted by molar-refractivity contribution is 6.13. The zero-order valence-electron chi connectivity index (χ0n) is 16.0. The van der Waals surface area contributed by atoms with Crippen molar-refractivity contribution >= 4 is 11.6 Å². The highest BCUT2D eigenvalue weighted by Gasteiger charge is 2.20. The van der Waals surface area contributed by atoms with E-state index in [0.717, 1.165) is 5.56 Å². The van der Waals surface area contributed by atoms with Crippen molar-refractivity contribution in [3.63, 3.8) is 0 Å². The topological polar surface area (TPSA) is 43.4 Å². The maximum Gasteiger partial charge on any atom is 0.170 e. The molecule has 0 aromatic heterocycles. The van der Waals surface area contributed by atoms with Crippen LogP contribution in [-0.4, -0.2) is 18.7 Å². The second-order valence-electron chi connectivity index (χ2n) is 7.37. The molecule has 0 heterocycles. The van der Waals surface area contributed by atoms with Crippen molar-refractivity contribution in [2.75, 3.05) is 7.11 Å². The normalized spacial score (nSPS) is 11.1. The quantitative estimate of drug-likeness (QED) is 0.393. The van der Waals surface area contributed by atoms with E-state index >= 15 is 0 Å². The molecule has 0 unspecified atom stereocenters. The number of ketones is 2. The van der Waals surface area contributed by atoms with Crippen LogP contribution in [0, 0.1) is 0 Å². The first-order valence-electron chi connectivity index (χ1n) is 8.71. The molecule has 0 radical (unpaired) electrons. The van der Waals surface area contributed by atoms with Gasteiger partial charge < -0.3 is 4.74 Å². The number of ether oxygens (including phenoxy) is 1. The molecule has 0 N–H and O–H groups in total. The van der Waals surface area contributed by atoms with Crippen LogP contribution in [0.25, 0.3) is 0 Å². The van der Waals surface area contributed by atoms with Crippen LogP contribution in [0.5, 0.6) is 5.75 Å². The van der Waals surface area contributed by atoms with Gasteiger partial charge in [-0.3, -0.25) is 9.59 Å². The van der Waals surface area contributed by atoms with Crippen molar-refractivity contribution in [3.05, 3.63) is 77.4 Å². The maximum atomic E-state index is 12.6. The van der Waals surface area contributed by atoms with Gasteiger partial charge in [0.05, 0.1) is 13.5 Å². The van der Waals surface area contributed by atoms with E-state index in [-0.39, 0.29) is 23.4 Å². The van der Waals surface area contributed by atoms with Crippen molar-refractivity contribution in [1.82, 2.24) is 0 Å². The summed E-state index contributed by atoms with van der Waals surface area (Å²) in [5.41, 5.74) is 3.33. The molecule has 0 saturated carbocycles. The Hall–Kier alpha value is -2.68. The van der Waals surface area contributed by atoms with Gasteiger partial charge in [0.25, 0.3) is 0 Å². The van der Waals surface area contributed by atoms with E-state index in [0.29, 0.717) is 23.3 Å². The minimum atomic E-state index is -0.192. The summed E-state index contributed by atoms with van der Waals surface area (Å²) >= 11 is 0. The van der Waals surface area contributed by atoms with Crippen LogP contribution >= 0.6 is 0 Å². The molecule has 0 aliphatic rings. The number of hydrogen-bond acceptors (Lipinski definition) is 3. The third-order valence-corrected chi connectivity index (χ3v) is 4.33. The lowest BCUT2D eigenvalue weighted by Crippen LogP contribution is -2.15. The molecule has 0 atom stereocenters. The molecule has 136 valence electrons. The van der Waals surface area contributed by atoms with Crippen molar-refractivity contribution in [2.24, 2.45) is 0 Å². The van der Waals surface area contributed by atoms with Crippen LogP contribution in [0.3, 0.4) is 0 Å². The fraction of sp³-hybridized carbons (Fsp3) is 0.304. The zero-order chi connectivity index (χ0) is 19.3. The number of benzene rings is 2. The van der Waals surface area contributed by atoms with Gasteiger partial charge in [0.2, 0.25) is 0 Å². The Bertz CT molecular complexity index is 808. The van der Waals surface area contributed by atoms with E-state index < -0.39 is 0 Å². The summed E-state index contributed by atoms with van der Waals surface area (Å²) in [6, 6.07) is 12.5. The standard InChI is InChI=1S/C23H26O3/c1-6-7-17-14-18(10-13-20(17)23(2,3)4)22(25)15-21(24)16-8-11-19(26-5)12-9-16/h6,8-14H,1,7,15H2,2-5H3. The van der Waals surface area contributed by atoms with Gasteiger partial charge in [-0.15, -0.1) is 6.58 Å². The van der Waals surface area contributed by atoms with Gasteiger partial charge in [0, 0.05) is 11.1 Å². The molecule has 0 saturated heterocycles. The molecular weight excluding hydrogens is 324 g/mol. The van der Waals surface area contributed by atoms with Gasteiger partial charge in [-0.25, -0.2) is 0 Å². The van der Waals surface area contributed by atoms with E-state index in [2.05, 4.69) is 27.4 Å². The Balaban J connectivity index is 2.21. The van der Waals surface area contributed by atoms with Crippen molar-refractivity contribution < 1.29 is 14.3 Å². The van der Waals surface area contributed by atoms with Crippen molar-refractivity contribution in [3.8, 4) is 5.75 Å². The monoisotopic (exact) mass is 350 g/mol. The lowest BCUT2D eigenvalue weighted by Gasteiger charge is -2.23. The highest BCUT2D eigenvalue weighted by Crippen LogP contribution is 2.28. The maximum absolute atomic E-state index is 12.6. The molecular formula is C23H26O3.